The number of anilines is 1. The Kier molecular flexibility index (Phi) is 4.86. The van der Waals surface area contributed by atoms with E-state index in [1.165, 1.54) is 0 Å². The number of aromatic nitrogens is 1. The number of nitrogens with two attached hydrogens (primary N) is 1. The fourth-order valence-electron chi connectivity index (χ4n) is 1.98. The van der Waals surface area contributed by atoms with Crippen LogP contribution < -0.4 is 11.1 Å². The number of nitrogens with zero attached hydrogens (tertiary/aromatic N) is 2. The molecule has 0 aliphatic carbocycles. The first kappa shape index (κ1) is 14.9. The predicted octanol–water partition coefficient (Wildman–Crippen LogP) is 1.88. The summed E-state index contributed by atoms with van der Waals surface area (Å²) < 4.78 is 0. The largest absolute Gasteiger partial charge is 0.409 e. The Morgan fingerprint density at radius 1 is 1.53 bits per heavy atom. The highest BCUT2D eigenvalue weighted by Gasteiger charge is 2.39. The Morgan fingerprint density at radius 2 is 2.16 bits per heavy atom. The van der Waals surface area contributed by atoms with Crippen LogP contribution in [0.5, 0.6) is 0 Å². The minimum atomic E-state index is -1.00. The summed E-state index contributed by atoms with van der Waals surface area (Å²) in [5.41, 5.74) is 6.22. The van der Waals surface area contributed by atoms with Gasteiger partial charge in [0.1, 0.15) is 5.41 Å². The summed E-state index contributed by atoms with van der Waals surface area (Å²) in [4.78, 5) is 16.4. The van der Waals surface area contributed by atoms with Gasteiger partial charge < -0.3 is 16.3 Å². The minimum Gasteiger partial charge on any atom is -0.409 e. The number of rotatable bonds is 5. The van der Waals surface area contributed by atoms with Gasteiger partial charge >= 0.3 is 0 Å². The molecule has 1 aromatic rings. The molecule has 104 valence electrons. The van der Waals surface area contributed by atoms with Crippen LogP contribution in [-0.4, -0.2) is 21.9 Å². The quantitative estimate of drug-likeness (QED) is 0.327. The van der Waals surface area contributed by atoms with Gasteiger partial charge in [-0.15, -0.1) is 0 Å². The standard InChI is InChI=1S/C13H20N4O2/c1-4-13(5-2,11(14)17-19)12(18)16-10-8-15-7-6-9(10)3/h6-8,19H,4-5H2,1-3H3,(H2,14,17)(H,16,18). The number of amides is 1. The van der Waals surface area contributed by atoms with Gasteiger partial charge in [0, 0.05) is 6.20 Å². The number of amidine groups is 1. The molecule has 0 fully saturated rings. The van der Waals surface area contributed by atoms with Gasteiger partial charge in [0.05, 0.1) is 11.9 Å². The fourth-order valence-corrected chi connectivity index (χ4v) is 1.98. The zero-order valence-electron chi connectivity index (χ0n) is 11.5. The summed E-state index contributed by atoms with van der Waals surface area (Å²) >= 11 is 0. The SMILES string of the molecule is CCC(CC)(C(=O)Nc1cnccc1C)C(N)=NO. The van der Waals surface area contributed by atoms with E-state index in [0.717, 1.165) is 5.56 Å². The minimum absolute atomic E-state index is 0.0726. The van der Waals surface area contributed by atoms with Crippen molar-refractivity contribution in [1.29, 1.82) is 0 Å². The van der Waals surface area contributed by atoms with Crippen molar-refractivity contribution in [2.24, 2.45) is 16.3 Å². The molecule has 4 N–H and O–H groups in total. The molecular formula is C13H20N4O2. The van der Waals surface area contributed by atoms with Crippen molar-refractivity contribution >= 4 is 17.4 Å². The van der Waals surface area contributed by atoms with Crippen molar-refractivity contribution in [2.45, 2.75) is 33.6 Å². The van der Waals surface area contributed by atoms with E-state index >= 15 is 0 Å². The van der Waals surface area contributed by atoms with Gasteiger partial charge in [0.2, 0.25) is 5.91 Å². The van der Waals surface area contributed by atoms with Crippen LogP contribution >= 0.6 is 0 Å². The van der Waals surface area contributed by atoms with Gasteiger partial charge in [0.25, 0.3) is 0 Å². The molecular weight excluding hydrogens is 244 g/mol. The van der Waals surface area contributed by atoms with Crippen molar-refractivity contribution < 1.29 is 10.0 Å². The molecule has 1 rings (SSSR count). The highest BCUT2D eigenvalue weighted by Crippen LogP contribution is 2.29. The number of oxime groups is 1. The van der Waals surface area contributed by atoms with Gasteiger partial charge in [-0.3, -0.25) is 9.78 Å². The smallest absolute Gasteiger partial charge is 0.238 e. The summed E-state index contributed by atoms with van der Waals surface area (Å²) in [5, 5.41) is 14.7. The average Bonchev–Trinajstić information content (AvgIpc) is 2.43. The molecule has 19 heavy (non-hydrogen) atoms. The Balaban J connectivity index is 3.06. The Morgan fingerprint density at radius 3 is 2.63 bits per heavy atom. The zero-order chi connectivity index (χ0) is 14.5. The third-order valence-corrected chi connectivity index (χ3v) is 3.53. The van der Waals surface area contributed by atoms with Crippen LogP contribution in [0, 0.1) is 12.3 Å². The van der Waals surface area contributed by atoms with E-state index in [-0.39, 0.29) is 11.7 Å². The maximum Gasteiger partial charge on any atom is 0.238 e. The lowest BCUT2D eigenvalue weighted by atomic mass is 9.80. The Hall–Kier alpha value is -2.11. The monoisotopic (exact) mass is 264 g/mol. The van der Waals surface area contributed by atoms with E-state index in [1.807, 2.05) is 20.8 Å². The van der Waals surface area contributed by atoms with Crippen molar-refractivity contribution in [3.05, 3.63) is 24.0 Å². The fraction of sp³-hybridized carbons (Fsp3) is 0.462. The third-order valence-electron chi connectivity index (χ3n) is 3.53. The molecule has 1 heterocycles. The number of hydrogen-bond donors (Lipinski definition) is 3. The molecule has 0 saturated heterocycles. The van der Waals surface area contributed by atoms with E-state index in [9.17, 15) is 4.79 Å². The molecule has 0 saturated carbocycles. The number of aryl methyl sites for hydroxylation is 1. The van der Waals surface area contributed by atoms with Gasteiger partial charge in [-0.25, -0.2) is 0 Å². The first-order valence-electron chi connectivity index (χ1n) is 6.21. The van der Waals surface area contributed by atoms with Gasteiger partial charge in [0.15, 0.2) is 5.84 Å². The summed E-state index contributed by atoms with van der Waals surface area (Å²) in [6.45, 7) is 5.54. The van der Waals surface area contributed by atoms with E-state index < -0.39 is 5.41 Å². The number of carbonyl (C=O) groups is 1. The summed E-state index contributed by atoms with van der Waals surface area (Å²) in [6, 6.07) is 1.80. The predicted molar refractivity (Wildman–Crippen MR) is 74.0 cm³/mol. The van der Waals surface area contributed by atoms with Crippen LogP contribution in [0.2, 0.25) is 0 Å². The average molecular weight is 264 g/mol. The lowest BCUT2D eigenvalue weighted by molar-refractivity contribution is -0.122. The van der Waals surface area contributed by atoms with Crippen LogP contribution in [0.25, 0.3) is 0 Å². The molecule has 6 nitrogen and oxygen atoms in total. The second-order valence-electron chi connectivity index (χ2n) is 4.42. The number of hydrogen-bond acceptors (Lipinski definition) is 4. The highest BCUT2D eigenvalue weighted by atomic mass is 16.4. The second kappa shape index (κ2) is 6.17. The van der Waals surface area contributed by atoms with Crippen LogP contribution in [0.4, 0.5) is 5.69 Å². The Bertz CT molecular complexity index is 481. The van der Waals surface area contributed by atoms with E-state index in [4.69, 9.17) is 10.9 Å². The van der Waals surface area contributed by atoms with Crippen LogP contribution in [0.3, 0.4) is 0 Å². The zero-order valence-corrected chi connectivity index (χ0v) is 11.5. The van der Waals surface area contributed by atoms with Gasteiger partial charge in [-0.1, -0.05) is 19.0 Å². The van der Waals surface area contributed by atoms with E-state index in [1.54, 1.807) is 18.5 Å². The summed E-state index contributed by atoms with van der Waals surface area (Å²) in [6.07, 6.45) is 4.13. The first-order chi connectivity index (χ1) is 9.01. The summed E-state index contributed by atoms with van der Waals surface area (Å²) in [7, 11) is 0. The first-order valence-corrected chi connectivity index (χ1v) is 6.21. The lowest BCUT2D eigenvalue weighted by Gasteiger charge is -2.28. The molecule has 0 unspecified atom stereocenters. The Labute approximate surface area is 112 Å². The number of pyridine rings is 1. The van der Waals surface area contributed by atoms with Crippen molar-refractivity contribution in [1.82, 2.24) is 4.98 Å². The van der Waals surface area contributed by atoms with Gasteiger partial charge in [-0.05, 0) is 31.4 Å². The second-order valence-corrected chi connectivity index (χ2v) is 4.42. The highest BCUT2D eigenvalue weighted by molar-refractivity contribution is 6.11. The lowest BCUT2D eigenvalue weighted by Crippen LogP contribution is -2.46. The van der Waals surface area contributed by atoms with Crippen LogP contribution in [0.1, 0.15) is 32.3 Å². The maximum atomic E-state index is 12.4. The molecule has 1 aromatic heterocycles. The molecule has 0 radical (unpaired) electrons. The van der Waals surface area contributed by atoms with E-state index in [0.29, 0.717) is 18.5 Å². The molecule has 0 bridgehead atoms. The molecule has 0 spiro atoms. The van der Waals surface area contributed by atoms with Gasteiger partial charge in [-0.2, -0.15) is 0 Å². The van der Waals surface area contributed by atoms with Crippen LogP contribution in [-0.2, 0) is 4.79 Å². The number of nitrogens with one attached hydrogen (secondary N) is 1. The van der Waals surface area contributed by atoms with Crippen molar-refractivity contribution in [3.8, 4) is 0 Å². The van der Waals surface area contributed by atoms with Crippen molar-refractivity contribution in [3.63, 3.8) is 0 Å². The molecule has 0 aliphatic heterocycles. The topological polar surface area (TPSA) is 101 Å². The summed E-state index contributed by atoms with van der Waals surface area (Å²) in [5.74, 6) is -0.361. The molecule has 1 amide bonds. The normalized spacial score (nSPS) is 12.3. The third kappa shape index (κ3) is 2.83. The van der Waals surface area contributed by atoms with E-state index in [2.05, 4.69) is 15.5 Å². The molecule has 0 aromatic carbocycles. The number of carbonyl (C=O) groups excluding carboxylic acids is 1. The maximum absolute atomic E-state index is 12.4. The molecule has 0 atom stereocenters. The molecule has 6 heteroatoms. The van der Waals surface area contributed by atoms with Crippen LogP contribution in [0.15, 0.2) is 23.6 Å². The molecule has 0 aliphatic rings. The van der Waals surface area contributed by atoms with Crippen molar-refractivity contribution in [2.75, 3.05) is 5.32 Å².